The first-order valence-corrected chi connectivity index (χ1v) is 16.6. The van der Waals surface area contributed by atoms with E-state index in [0.717, 1.165) is 0 Å². The van der Waals surface area contributed by atoms with Crippen LogP contribution in [0.4, 0.5) is 0 Å². The van der Waals surface area contributed by atoms with Crippen molar-refractivity contribution in [1.82, 2.24) is 0 Å². The van der Waals surface area contributed by atoms with Crippen LogP contribution in [0.1, 0.15) is 13.8 Å². The molecule has 3 aliphatic heterocycles. The van der Waals surface area contributed by atoms with E-state index >= 15 is 0 Å². The second-order valence-electron chi connectivity index (χ2n) is 13.1. The second kappa shape index (κ2) is 15.6. The molecular weight excluding hydrogens is 712 g/mol. The Balaban J connectivity index is 1.19. The summed E-state index contributed by atoms with van der Waals surface area (Å²) in [5.74, 6) is -1.25. The van der Waals surface area contributed by atoms with E-state index in [1.807, 2.05) is 0 Å². The molecule has 19 nitrogen and oxygen atoms in total. The Morgan fingerprint density at radius 1 is 0.698 bits per heavy atom. The second-order valence-corrected chi connectivity index (χ2v) is 13.1. The third kappa shape index (κ3) is 7.54. The maximum atomic E-state index is 13.8. The van der Waals surface area contributed by atoms with Gasteiger partial charge in [-0.25, -0.2) is 0 Å². The lowest BCUT2D eigenvalue weighted by molar-refractivity contribution is -0.357. The van der Waals surface area contributed by atoms with E-state index in [9.17, 15) is 55.9 Å². The lowest BCUT2D eigenvalue weighted by Gasteiger charge is -2.46. The minimum Gasteiger partial charge on any atom is -0.508 e. The fourth-order valence-electron chi connectivity index (χ4n) is 6.36. The molecule has 15 atom stereocenters. The molecule has 0 spiro atoms. The number of fused-ring (bicyclic) bond motifs is 1. The minimum atomic E-state index is -1.95. The van der Waals surface area contributed by atoms with E-state index < -0.39 is 116 Å². The van der Waals surface area contributed by atoms with Crippen LogP contribution < -0.4 is 14.9 Å². The van der Waals surface area contributed by atoms with Crippen molar-refractivity contribution in [1.29, 1.82) is 0 Å². The molecule has 3 aromatic rings. The van der Waals surface area contributed by atoms with Gasteiger partial charge in [0.05, 0.1) is 25.9 Å². The van der Waals surface area contributed by atoms with E-state index in [2.05, 4.69) is 0 Å². The molecular formula is C34H42O19. The number of aromatic hydroxyl groups is 2. The highest BCUT2D eigenvalue weighted by Gasteiger charge is 2.51. The minimum absolute atomic E-state index is 0.0994. The van der Waals surface area contributed by atoms with Crippen molar-refractivity contribution in [3.8, 4) is 34.3 Å². The van der Waals surface area contributed by atoms with Crippen LogP contribution in [0.2, 0.25) is 0 Å². The Hall–Kier alpha value is -3.67. The summed E-state index contributed by atoms with van der Waals surface area (Å²) in [5.41, 5.74) is -0.794. The number of phenolic OH excluding ortho intramolecular Hbond substituents is 2. The predicted octanol–water partition coefficient (Wildman–Crippen LogP) is -2.24. The van der Waals surface area contributed by atoms with Gasteiger partial charge in [0.1, 0.15) is 89.3 Å². The summed E-state index contributed by atoms with van der Waals surface area (Å²) >= 11 is 0. The Kier molecular flexibility index (Phi) is 11.5. The maximum absolute atomic E-state index is 13.8. The van der Waals surface area contributed by atoms with E-state index in [4.69, 9.17) is 37.6 Å². The van der Waals surface area contributed by atoms with Crippen LogP contribution in [0.15, 0.2) is 45.6 Å². The standard InChI is InChI=1S/C34H42O19/c1-11-20(37)23(40)26(43)33(48-11)52-29-12(2)49-32(28(45)25(29)42)47-10-18-21(38)24(41)27(44)34(51-18)53-31-22(39)19-16(36)8-15(46-3)9-17(19)50-30(31)13-4-6-14(35)7-5-13/h4-9,11-12,18,20-21,23-29,32-38,40-45H,10H2,1-3H3/t11?,12?,18?,20-,21-,23-,24?,25+,26?,27?,28?,29-,32+,33-,34-/m0/s1. The lowest BCUT2D eigenvalue weighted by atomic mass is 9.97. The van der Waals surface area contributed by atoms with Gasteiger partial charge in [0.15, 0.2) is 18.3 Å². The van der Waals surface area contributed by atoms with Crippen LogP contribution in [0.5, 0.6) is 23.0 Å². The molecule has 7 unspecified atom stereocenters. The summed E-state index contributed by atoms with van der Waals surface area (Å²) in [6, 6.07) is 7.93. The van der Waals surface area contributed by atoms with Gasteiger partial charge in [-0.3, -0.25) is 4.79 Å². The van der Waals surface area contributed by atoms with E-state index in [1.165, 1.54) is 57.4 Å². The average molecular weight is 755 g/mol. The highest BCUT2D eigenvalue weighted by Crippen LogP contribution is 2.38. The summed E-state index contributed by atoms with van der Waals surface area (Å²) in [7, 11) is 1.34. The van der Waals surface area contributed by atoms with Gasteiger partial charge in [-0.15, -0.1) is 0 Å². The Morgan fingerprint density at radius 3 is 2.00 bits per heavy atom. The molecule has 292 valence electrons. The third-order valence-electron chi connectivity index (χ3n) is 9.48. The quantitative estimate of drug-likeness (QED) is 0.110. The van der Waals surface area contributed by atoms with Gasteiger partial charge in [0, 0.05) is 17.7 Å². The number of hydrogen-bond donors (Lipinski definition) is 10. The van der Waals surface area contributed by atoms with Crippen LogP contribution >= 0.6 is 0 Å². The van der Waals surface area contributed by atoms with Gasteiger partial charge < -0.3 is 88.6 Å². The number of phenols is 2. The topological polar surface area (TPSA) is 297 Å². The molecule has 0 radical (unpaired) electrons. The van der Waals surface area contributed by atoms with Gasteiger partial charge in [0.25, 0.3) is 0 Å². The summed E-state index contributed by atoms with van der Waals surface area (Å²) < 4.78 is 45.1. The third-order valence-corrected chi connectivity index (χ3v) is 9.48. The molecule has 0 saturated carbocycles. The van der Waals surface area contributed by atoms with Gasteiger partial charge >= 0.3 is 0 Å². The molecule has 3 saturated heterocycles. The molecule has 4 heterocycles. The molecule has 19 heteroatoms. The maximum Gasteiger partial charge on any atom is 0.239 e. The fraction of sp³-hybridized carbons (Fsp3) is 0.559. The van der Waals surface area contributed by atoms with Crippen molar-refractivity contribution in [3.63, 3.8) is 0 Å². The van der Waals surface area contributed by atoms with Crippen LogP contribution in [-0.2, 0) is 23.7 Å². The highest BCUT2D eigenvalue weighted by atomic mass is 16.7. The zero-order chi connectivity index (χ0) is 38.5. The molecule has 3 fully saturated rings. The Bertz CT molecular complexity index is 1780. The molecule has 2 aromatic carbocycles. The molecule has 6 rings (SSSR count). The molecule has 0 amide bonds. The smallest absolute Gasteiger partial charge is 0.239 e. The molecule has 0 bridgehead atoms. The summed E-state index contributed by atoms with van der Waals surface area (Å²) in [6.07, 6.45) is -23.6. The number of rotatable bonds is 9. The van der Waals surface area contributed by atoms with Crippen LogP contribution in [-0.4, -0.2) is 157 Å². The number of benzene rings is 2. The van der Waals surface area contributed by atoms with Gasteiger partial charge in [-0.05, 0) is 38.1 Å². The zero-order valence-corrected chi connectivity index (χ0v) is 28.5. The largest absolute Gasteiger partial charge is 0.508 e. The lowest BCUT2D eigenvalue weighted by Crippen LogP contribution is -2.63. The average Bonchev–Trinajstić information content (AvgIpc) is 3.13. The van der Waals surface area contributed by atoms with Crippen molar-refractivity contribution in [2.75, 3.05) is 13.7 Å². The number of aliphatic hydroxyl groups is 8. The highest BCUT2D eigenvalue weighted by molar-refractivity contribution is 5.88. The zero-order valence-electron chi connectivity index (χ0n) is 28.5. The van der Waals surface area contributed by atoms with Crippen LogP contribution in [0, 0.1) is 0 Å². The summed E-state index contributed by atoms with van der Waals surface area (Å²) in [4.78, 5) is 13.8. The monoisotopic (exact) mass is 754 g/mol. The first-order valence-electron chi connectivity index (χ1n) is 16.6. The van der Waals surface area contributed by atoms with Crippen molar-refractivity contribution >= 4 is 11.0 Å². The molecule has 1 aromatic heterocycles. The van der Waals surface area contributed by atoms with Crippen molar-refractivity contribution in [2.24, 2.45) is 0 Å². The molecule has 10 N–H and O–H groups in total. The SMILES string of the molecule is COc1cc(O)c2c(=O)c(O[C@@H]3OC(CO[C@@H]4OC(C)[C@H](O[C@@H]5OC(C)[C@H](O)[C@H](O)C5O)[C@H](O)C4O)[C@H](O)C(O)C3O)c(-c3ccc(O)cc3)oc2c1. The summed E-state index contributed by atoms with van der Waals surface area (Å²) in [6.45, 7) is 2.25. The fourth-order valence-corrected chi connectivity index (χ4v) is 6.36. The number of methoxy groups -OCH3 is 1. The first kappa shape index (κ1) is 39.0. The molecule has 0 aliphatic carbocycles. The molecule has 53 heavy (non-hydrogen) atoms. The van der Waals surface area contributed by atoms with Gasteiger partial charge in [-0.2, -0.15) is 0 Å². The van der Waals surface area contributed by atoms with Gasteiger partial charge in [0.2, 0.25) is 17.5 Å². The first-order chi connectivity index (χ1) is 25.1. The summed E-state index contributed by atoms with van der Waals surface area (Å²) in [5, 5.41) is 105. The van der Waals surface area contributed by atoms with Crippen LogP contribution in [0.3, 0.4) is 0 Å². The number of aliphatic hydroxyl groups excluding tert-OH is 8. The van der Waals surface area contributed by atoms with Crippen molar-refractivity contribution in [2.45, 2.75) is 106 Å². The van der Waals surface area contributed by atoms with Crippen molar-refractivity contribution in [3.05, 3.63) is 46.6 Å². The molecule has 3 aliphatic rings. The number of hydrogen-bond acceptors (Lipinski definition) is 19. The normalized spacial score (nSPS) is 37.8. The Morgan fingerprint density at radius 2 is 1.32 bits per heavy atom. The Labute approximate surface area is 300 Å². The van der Waals surface area contributed by atoms with Crippen LogP contribution in [0.25, 0.3) is 22.3 Å². The van der Waals surface area contributed by atoms with E-state index in [1.54, 1.807) is 0 Å². The van der Waals surface area contributed by atoms with E-state index in [-0.39, 0.29) is 33.8 Å². The predicted molar refractivity (Wildman–Crippen MR) is 175 cm³/mol. The number of ether oxygens (including phenoxy) is 7. The van der Waals surface area contributed by atoms with Gasteiger partial charge in [-0.1, -0.05) is 0 Å². The van der Waals surface area contributed by atoms with E-state index in [0.29, 0.717) is 0 Å². The van der Waals surface area contributed by atoms with Crippen molar-refractivity contribution < 1.29 is 88.6 Å².